The Morgan fingerprint density at radius 1 is 1.25 bits per heavy atom. The van der Waals surface area contributed by atoms with E-state index in [4.69, 9.17) is 4.74 Å². The first kappa shape index (κ1) is 16.3. The number of nitrogens with one attached hydrogen (secondary N) is 1. The van der Waals surface area contributed by atoms with Crippen molar-refractivity contribution in [1.82, 2.24) is 5.32 Å². The second kappa shape index (κ2) is 7.79. The third kappa shape index (κ3) is 4.70. The SMILES string of the molecule is Cc1cccc(COc2cccc(C=NN=C3NC(=O)CS3)c2)c1. The number of benzene rings is 2. The third-order valence-corrected chi connectivity index (χ3v) is 4.15. The molecule has 24 heavy (non-hydrogen) atoms. The third-order valence-electron chi connectivity index (χ3n) is 3.29. The molecule has 0 bridgehead atoms. The summed E-state index contributed by atoms with van der Waals surface area (Å²) in [4.78, 5) is 11.1. The minimum absolute atomic E-state index is 0.0412. The van der Waals surface area contributed by atoms with E-state index in [1.807, 2.05) is 36.4 Å². The maximum absolute atomic E-state index is 11.1. The molecule has 0 atom stereocenters. The fourth-order valence-electron chi connectivity index (χ4n) is 2.18. The quantitative estimate of drug-likeness (QED) is 0.672. The molecule has 0 saturated carbocycles. The van der Waals surface area contributed by atoms with Crippen molar-refractivity contribution < 1.29 is 9.53 Å². The molecule has 1 heterocycles. The lowest BCUT2D eigenvalue weighted by molar-refractivity contribution is -0.116. The molecule has 0 unspecified atom stereocenters. The van der Waals surface area contributed by atoms with E-state index >= 15 is 0 Å². The number of rotatable bonds is 5. The molecule has 1 aliphatic rings. The molecule has 2 aromatic carbocycles. The number of hydrogen-bond donors (Lipinski definition) is 1. The highest BCUT2D eigenvalue weighted by atomic mass is 32.2. The molecule has 5 nitrogen and oxygen atoms in total. The lowest BCUT2D eigenvalue weighted by Crippen LogP contribution is -2.19. The topological polar surface area (TPSA) is 63.1 Å². The first-order valence-corrected chi connectivity index (χ1v) is 8.50. The fourth-order valence-corrected chi connectivity index (χ4v) is 2.81. The van der Waals surface area contributed by atoms with Crippen LogP contribution in [0.5, 0.6) is 5.75 Å². The van der Waals surface area contributed by atoms with Crippen molar-refractivity contribution in [1.29, 1.82) is 0 Å². The smallest absolute Gasteiger partial charge is 0.236 e. The van der Waals surface area contributed by atoms with E-state index in [2.05, 4.69) is 34.6 Å². The molecular formula is C18H17N3O2S. The monoisotopic (exact) mass is 339 g/mol. The molecule has 1 saturated heterocycles. The molecule has 0 radical (unpaired) electrons. The Hall–Kier alpha value is -2.60. The first-order chi connectivity index (χ1) is 11.7. The van der Waals surface area contributed by atoms with Crippen LogP contribution in [0, 0.1) is 6.92 Å². The largest absolute Gasteiger partial charge is 0.489 e. The number of nitrogens with zero attached hydrogens (tertiary/aromatic N) is 2. The first-order valence-electron chi connectivity index (χ1n) is 7.51. The number of amidine groups is 1. The van der Waals surface area contributed by atoms with Crippen LogP contribution in [0.25, 0.3) is 0 Å². The molecule has 0 aromatic heterocycles. The lowest BCUT2D eigenvalue weighted by atomic mass is 10.1. The van der Waals surface area contributed by atoms with E-state index in [0.717, 1.165) is 16.9 Å². The minimum atomic E-state index is -0.0412. The van der Waals surface area contributed by atoms with Crippen LogP contribution in [0.4, 0.5) is 0 Å². The zero-order chi connectivity index (χ0) is 16.8. The Labute approximate surface area is 144 Å². The van der Waals surface area contributed by atoms with Gasteiger partial charge in [0.1, 0.15) is 12.4 Å². The van der Waals surface area contributed by atoms with Crippen LogP contribution < -0.4 is 10.1 Å². The van der Waals surface area contributed by atoms with E-state index in [0.29, 0.717) is 17.5 Å². The molecule has 3 rings (SSSR count). The molecular weight excluding hydrogens is 322 g/mol. The normalized spacial score (nSPS) is 15.9. The summed E-state index contributed by atoms with van der Waals surface area (Å²) >= 11 is 1.35. The Morgan fingerprint density at radius 2 is 2.12 bits per heavy atom. The number of aryl methyl sites for hydroxylation is 1. The number of carbonyl (C=O) groups excluding carboxylic acids is 1. The number of ether oxygens (including phenoxy) is 1. The maximum Gasteiger partial charge on any atom is 0.236 e. The molecule has 1 aliphatic heterocycles. The minimum Gasteiger partial charge on any atom is -0.489 e. The van der Waals surface area contributed by atoms with E-state index in [-0.39, 0.29) is 5.91 Å². The summed E-state index contributed by atoms with van der Waals surface area (Å²) in [5.74, 6) is 1.13. The van der Waals surface area contributed by atoms with Gasteiger partial charge >= 0.3 is 0 Å². The van der Waals surface area contributed by atoms with Gasteiger partial charge in [-0.15, -0.1) is 5.10 Å². The van der Waals surface area contributed by atoms with Crippen molar-refractivity contribution in [3.8, 4) is 5.75 Å². The Bertz CT molecular complexity index is 802. The van der Waals surface area contributed by atoms with E-state index in [1.54, 1.807) is 6.21 Å². The van der Waals surface area contributed by atoms with Gasteiger partial charge in [0.25, 0.3) is 0 Å². The Balaban J connectivity index is 1.60. The van der Waals surface area contributed by atoms with Gasteiger partial charge in [-0.1, -0.05) is 53.7 Å². The second-order valence-electron chi connectivity index (χ2n) is 5.34. The number of hydrogen-bond acceptors (Lipinski definition) is 5. The fraction of sp³-hybridized carbons (Fsp3) is 0.167. The van der Waals surface area contributed by atoms with E-state index in [9.17, 15) is 4.79 Å². The number of carbonyl (C=O) groups is 1. The summed E-state index contributed by atoms with van der Waals surface area (Å²) in [5.41, 5.74) is 3.23. The predicted molar refractivity (Wildman–Crippen MR) is 97.6 cm³/mol. The van der Waals surface area contributed by atoms with Gasteiger partial charge in [-0.2, -0.15) is 5.10 Å². The van der Waals surface area contributed by atoms with Crippen molar-refractivity contribution in [2.24, 2.45) is 10.2 Å². The molecule has 122 valence electrons. The van der Waals surface area contributed by atoms with E-state index < -0.39 is 0 Å². The number of amides is 1. The molecule has 2 aromatic rings. The summed E-state index contributed by atoms with van der Waals surface area (Å²) in [6.07, 6.45) is 1.64. The molecule has 1 amide bonds. The van der Waals surface area contributed by atoms with Gasteiger partial charge in [-0.3, -0.25) is 4.79 Å². The van der Waals surface area contributed by atoms with Gasteiger partial charge in [0.05, 0.1) is 12.0 Å². The molecule has 1 N–H and O–H groups in total. The van der Waals surface area contributed by atoms with Crippen LogP contribution in [0.1, 0.15) is 16.7 Å². The average Bonchev–Trinajstić information content (AvgIpc) is 2.99. The van der Waals surface area contributed by atoms with Crippen LogP contribution in [0.2, 0.25) is 0 Å². The highest BCUT2D eigenvalue weighted by molar-refractivity contribution is 8.15. The molecule has 0 aliphatic carbocycles. The van der Waals surface area contributed by atoms with Crippen LogP contribution >= 0.6 is 11.8 Å². The summed E-state index contributed by atoms with van der Waals surface area (Å²) in [5, 5.41) is 11.1. The van der Waals surface area contributed by atoms with Crippen molar-refractivity contribution in [3.05, 3.63) is 65.2 Å². The van der Waals surface area contributed by atoms with Gasteiger partial charge in [0.15, 0.2) is 5.17 Å². The van der Waals surface area contributed by atoms with Gasteiger partial charge in [-0.25, -0.2) is 0 Å². The zero-order valence-electron chi connectivity index (χ0n) is 13.2. The van der Waals surface area contributed by atoms with Crippen molar-refractivity contribution >= 4 is 29.1 Å². The van der Waals surface area contributed by atoms with Crippen LogP contribution in [-0.4, -0.2) is 23.0 Å². The van der Waals surface area contributed by atoms with Crippen LogP contribution in [0.3, 0.4) is 0 Å². The Kier molecular flexibility index (Phi) is 5.28. The Morgan fingerprint density at radius 3 is 2.92 bits per heavy atom. The summed E-state index contributed by atoms with van der Waals surface area (Å²) in [7, 11) is 0. The van der Waals surface area contributed by atoms with Crippen LogP contribution in [0.15, 0.2) is 58.7 Å². The molecule has 6 heteroatoms. The van der Waals surface area contributed by atoms with Crippen LogP contribution in [-0.2, 0) is 11.4 Å². The zero-order valence-corrected chi connectivity index (χ0v) is 14.0. The van der Waals surface area contributed by atoms with Crippen molar-refractivity contribution in [2.75, 3.05) is 5.75 Å². The van der Waals surface area contributed by atoms with Crippen molar-refractivity contribution in [3.63, 3.8) is 0 Å². The standard InChI is InChI=1S/C18H17N3O2S/c1-13-4-2-6-15(8-13)11-23-16-7-3-5-14(9-16)10-19-21-18-20-17(22)12-24-18/h2-10H,11-12H2,1H3,(H,20,21,22). The summed E-state index contributed by atoms with van der Waals surface area (Å²) in [6, 6.07) is 15.9. The lowest BCUT2D eigenvalue weighted by Gasteiger charge is -2.07. The highest BCUT2D eigenvalue weighted by Crippen LogP contribution is 2.15. The van der Waals surface area contributed by atoms with Gasteiger partial charge < -0.3 is 10.1 Å². The maximum atomic E-state index is 11.1. The predicted octanol–water partition coefficient (Wildman–Crippen LogP) is 3.13. The summed E-state index contributed by atoms with van der Waals surface area (Å²) < 4.78 is 5.82. The van der Waals surface area contributed by atoms with Gasteiger partial charge in [0.2, 0.25) is 5.91 Å². The van der Waals surface area contributed by atoms with Crippen molar-refractivity contribution in [2.45, 2.75) is 13.5 Å². The molecule has 0 spiro atoms. The second-order valence-corrected chi connectivity index (χ2v) is 6.30. The van der Waals surface area contributed by atoms with Gasteiger partial charge in [0, 0.05) is 0 Å². The summed E-state index contributed by atoms with van der Waals surface area (Å²) in [6.45, 7) is 2.58. The average molecular weight is 339 g/mol. The highest BCUT2D eigenvalue weighted by Gasteiger charge is 2.15. The number of thioether (sulfide) groups is 1. The van der Waals surface area contributed by atoms with Gasteiger partial charge in [-0.05, 0) is 30.2 Å². The molecule has 1 fully saturated rings. The van der Waals surface area contributed by atoms with E-state index in [1.165, 1.54) is 17.3 Å².